The van der Waals surface area contributed by atoms with Crippen molar-refractivity contribution < 1.29 is 0 Å². The highest BCUT2D eigenvalue weighted by molar-refractivity contribution is 6.65. The zero-order valence-corrected chi connectivity index (χ0v) is 6.02. The summed E-state index contributed by atoms with van der Waals surface area (Å²) in [6, 6.07) is 0.352. The fraction of sp³-hybridized carbons (Fsp3) is 0.800. The van der Waals surface area contributed by atoms with Gasteiger partial charge in [-0.2, -0.15) is 0 Å². The number of nitrogens with one attached hydrogen (secondary N) is 1. The van der Waals surface area contributed by atoms with Gasteiger partial charge in [0.1, 0.15) is 5.17 Å². The van der Waals surface area contributed by atoms with Crippen LogP contribution >= 0.6 is 11.6 Å². The molecule has 0 radical (unpaired) electrons. The minimum atomic E-state index is -0.304. The molecule has 0 aromatic rings. The third-order valence-electron chi connectivity index (χ3n) is 1.21. The summed E-state index contributed by atoms with van der Waals surface area (Å²) in [6.07, 6.45) is 0.483. The van der Waals surface area contributed by atoms with E-state index < -0.39 is 0 Å². The molecule has 0 bridgehead atoms. The van der Waals surface area contributed by atoms with E-state index >= 15 is 0 Å². The fourth-order valence-electron chi connectivity index (χ4n) is 0.844. The van der Waals surface area contributed by atoms with Gasteiger partial charge in [0.05, 0.1) is 0 Å². The Hall–Kier alpha value is -0.120. The van der Waals surface area contributed by atoms with Crippen LogP contribution in [0, 0.1) is 0 Å². The van der Waals surface area contributed by atoms with Gasteiger partial charge in [0.2, 0.25) is 0 Å². The Balaban J connectivity index is 2.56. The molecule has 9 heavy (non-hydrogen) atoms. The van der Waals surface area contributed by atoms with Crippen molar-refractivity contribution in [3.8, 4) is 0 Å². The zero-order chi connectivity index (χ0) is 6.85. The molecule has 0 spiro atoms. The summed E-state index contributed by atoms with van der Waals surface area (Å²) in [4.78, 5) is 3.88. The van der Waals surface area contributed by atoms with Gasteiger partial charge in [-0.1, -0.05) is 11.6 Å². The van der Waals surface area contributed by atoms with E-state index in [0.29, 0.717) is 11.2 Å². The Morgan fingerprint density at radius 3 is 3.00 bits per heavy atom. The smallest absolute Gasteiger partial charge is 0.152 e. The molecule has 4 heteroatoms. The van der Waals surface area contributed by atoms with Crippen LogP contribution in [-0.4, -0.2) is 17.5 Å². The molecule has 2 unspecified atom stereocenters. The maximum atomic E-state index is 5.64. The van der Waals surface area contributed by atoms with Crippen molar-refractivity contribution in [3.63, 3.8) is 0 Å². The lowest BCUT2D eigenvalue weighted by atomic mass is 10.2. The van der Waals surface area contributed by atoms with Crippen LogP contribution in [0.1, 0.15) is 13.3 Å². The number of hydrogen-bond donors (Lipinski definition) is 2. The summed E-state index contributed by atoms with van der Waals surface area (Å²) in [5, 5.41) is 3.63. The van der Waals surface area contributed by atoms with E-state index in [-0.39, 0.29) is 6.29 Å². The lowest BCUT2D eigenvalue weighted by molar-refractivity contribution is 0.454. The molecule has 0 aromatic carbocycles. The van der Waals surface area contributed by atoms with E-state index in [2.05, 4.69) is 10.3 Å². The summed E-state index contributed by atoms with van der Waals surface area (Å²) >= 11 is 5.64. The first-order chi connectivity index (χ1) is 4.18. The van der Waals surface area contributed by atoms with E-state index in [1.807, 2.05) is 6.92 Å². The van der Waals surface area contributed by atoms with Crippen LogP contribution in [-0.2, 0) is 0 Å². The molecule has 1 heterocycles. The normalized spacial score (nSPS) is 36.1. The van der Waals surface area contributed by atoms with E-state index in [9.17, 15) is 0 Å². The number of halogens is 1. The molecule has 3 nitrogen and oxygen atoms in total. The average molecular weight is 148 g/mol. The Kier molecular flexibility index (Phi) is 2.05. The second kappa shape index (κ2) is 2.64. The molecule has 2 atom stereocenters. The van der Waals surface area contributed by atoms with Gasteiger partial charge < -0.3 is 0 Å². The SMILES string of the molecule is CC1CC(Cl)=NC(N)N1. The number of aliphatic imine (C=N–C) groups is 1. The van der Waals surface area contributed by atoms with E-state index in [1.54, 1.807) is 0 Å². The molecule has 0 fully saturated rings. The highest BCUT2D eigenvalue weighted by Gasteiger charge is 2.14. The van der Waals surface area contributed by atoms with E-state index in [4.69, 9.17) is 17.3 Å². The predicted octanol–water partition coefficient (Wildman–Crippen LogP) is 0.248. The van der Waals surface area contributed by atoms with Gasteiger partial charge in [0.15, 0.2) is 6.29 Å². The van der Waals surface area contributed by atoms with Crippen LogP contribution in [0.4, 0.5) is 0 Å². The Labute approximate surface area is 59.3 Å². The molecule has 0 saturated heterocycles. The summed E-state index contributed by atoms with van der Waals surface area (Å²) in [5.41, 5.74) is 5.43. The molecule has 1 aliphatic heterocycles. The molecule has 52 valence electrons. The van der Waals surface area contributed by atoms with Gasteiger partial charge in [0.25, 0.3) is 0 Å². The fourth-order valence-corrected chi connectivity index (χ4v) is 1.18. The maximum absolute atomic E-state index is 5.64. The van der Waals surface area contributed by atoms with Crippen LogP contribution in [0.3, 0.4) is 0 Å². The molecule has 0 saturated carbocycles. The first-order valence-electron chi connectivity index (χ1n) is 2.92. The molecule has 0 amide bonds. The van der Waals surface area contributed by atoms with Crippen LogP contribution in [0.15, 0.2) is 4.99 Å². The van der Waals surface area contributed by atoms with E-state index in [1.165, 1.54) is 0 Å². The third kappa shape index (κ3) is 1.93. The van der Waals surface area contributed by atoms with Crippen molar-refractivity contribution in [1.82, 2.24) is 5.32 Å². The first kappa shape index (κ1) is 6.99. The number of nitrogens with zero attached hydrogens (tertiary/aromatic N) is 1. The monoisotopic (exact) mass is 147 g/mol. The maximum Gasteiger partial charge on any atom is 0.152 e. The molecule has 3 N–H and O–H groups in total. The first-order valence-corrected chi connectivity index (χ1v) is 3.30. The molecule has 1 rings (SSSR count). The zero-order valence-electron chi connectivity index (χ0n) is 5.26. The largest absolute Gasteiger partial charge is 0.297 e. The highest BCUT2D eigenvalue weighted by Crippen LogP contribution is 2.04. The number of nitrogens with two attached hydrogens (primary N) is 1. The van der Waals surface area contributed by atoms with E-state index in [0.717, 1.165) is 6.42 Å². The second-order valence-corrected chi connectivity index (χ2v) is 2.66. The van der Waals surface area contributed by atoms with Crippen LogP contribution < -0.4 is 11.1 Å². The third-order valence-corrected chi connectivity index (χ3v) is 1.46. The van der Waals surface area contributed by atoms with Crippen molar-refractivity contribution in [2.75, 3.05) is 0 Å². The molecule has 1 aliphatic rings. The van der Waals surface area contributed by atoms with Crippen LogP contribution in [0.2, 0.25) is 0 Å². The van der Waals surface area contributed by atoms with Crippen molar-refractivity contribution in [2.24, 2.45) is 10.7 Å². The summed E-state index contributed by atoms with van der Waals surface area (Å²) in [5.74, 6) is 0. The van der Waals surface area contributed by atoms with Gasteiger partial charge >= 0.3 is 0 Å². The standard InChI is InChI=1S/C5H10ClN3/c1-3-2-4(6)9-5(7)8-3/h3,5,8H,2,7H2,1H3. The lowest BCUT2D eigenvalue weighted by Crippen LogP contribution is -2.45. The molecular weight excluding hydrogens is 138 g/mol. The Morgan fingerprint density at radius 1 is 1.89 bits per heavy atom. The molecule has 0 aliphatic carbocycles. The van der Waals surface area contributed by atoms with Crippen LogP contribution in [0.25, 0.3) is 0 Å². The predicted molar refractivity (Wildman–Crippen MR) is 38.5 cm³/mol. The van der Waals surface area contributed by atoms with Gasteiger partial charge in [-0.3, -0.25) is 11.1 Å². The minimum absolute atomic E-state index is 0.304. The van der Waals surface area contributed by atoms with Crippen molar-refractivity contribution in [3.05, 3.63) is 0 Å². The topological polar surface area (TPSA) is 50.4 Å². The Bertz CT molecular complexity index is 134. The Morgan fingerprint density at radius 2 is 2.56 bits per heavy atom. The van der Waals surface area contributed by atoms with Crippen LogP contribution in [0.5, 0.6) is 0 Å². The van der Waals surface area contributed by atoms with Crippen molar-refractivity contribution in [1.29, 1.82) is 0 Å². The van der Waals surface area contributed by atoms with Gasteiger partial charge in [-0.15, -0.1) is 0 Å². The number of rotatable bonds is 0. The van der Waals surface area contributed by atoms with Gasteiger partial charge in [-0.05, 0) is 6.92 Å². The quantitative estimate of drug-likeness (QED) is 0.516. The second-order valence-electron chi connectivity index (χ2n) is 2.22. The summed E-state index contributed by atoms with van der Waals surface area (Å²) in [6.45, 7) is 2.02. The molecule has 0 aromatic heterocycles. The average Bonchev–Trinajstić information content (AvgIpc) is 1.59. The highest BCUT2D eigenvalue weighted by atomic mass is 35.5. The lowest BCUT2D eigenvalue weighted by Gasteiger charge is -2.21. The summed E-state index contributed by atoms with van der Waals surface area (Å²) in [7, 11) is 0. The summed E-state index contributed by atoms with van der Waals surface area (Å²) < 4.78 is 0. The van der Waals surface area contributed by atoms with Crippen molar-refractivity contribution in [2.45, 2.75) is 25.7 Å². The van der Waals surface area contributed by atoms with Gasteiger partial charge in [-0.25, -0.2) is 4.99 Å². The minimum Gasteiger partial charge on any atom is -0.297 e. The number of hydrogen-bond acceptors (Lipinski definition) is 3. The van der Waals surface area contributed by atoms with Gasteiger partial charge in [0, 0.05) is 12.5 Å². The molecular formula is C5H10ClN3. The van der Waals surface area contributed by atoms with Crippen molar-refractivity contribution >= 4 is 16.8 Å².